The molecule has 1 rings (SSSR count). The summed E-state index contributed by atoms with van der Waals surface area (Å²) in [6, 6.07) is 0. The minimum absolute atomic E-state index is 0.0574. The van der Waals surface area contributed by atoms with E-state index < -0.39 is 0 Å². The van der Waals surface area contributed by atoms with Crippen LogP contribution in [-0.4, -0.2) is 33.9 Å². The average molecular weight is 282 g/mol. The monoisotopic (exact) mass is 282 g/mol. The molecule has 0 unspecified atom stereocenters. The fraction of sp³-hybridized carbons (Fsp3) is 0.714. The summed E-state index contributed by atoms with van der Waals surface area (Å²) in [5.74, 6) is -0.232. The van der Waals surface area contributed by atoms with Gasteiger partial charge in [-0.1, -0.05) is 13.8 Å². The van der Waals surface area contributed by atoms with E-state index in [1.807, 2.05) is 20.8 Å². The Bertz CT molecular complexity index is 456. The van der Waals surface area contributed by atoms with Crippen molar-refractivity contribution in [2.45, 2.75) is 47.1 Å². The van der Waals surface area contributed by atoms with Gasteiger partial charge in [-0.05, 0) is 26.7 Å². The molecule has 0 spiro atoms. The van der Waals surface area contributed by atoms with Crippen molar-refractivity contribution in [1.82, 2.24) is 15.1 Å². The molecule has 4 N–H and O–H groups in total. The molecule has 6 heteroatoms. The summed E-state index contributed by atoms with van der Waals surface area (Å²) in [5, 5.41) is 16.6. The quantitative estimate of drug-likeness (QED) is 0.703. The zero-order chi connectivity index (χ0) is 15.3. The number of aromatic nitrogens is 2. The largest absolute Gasteiger partial charge is 0.396 e. The Kier molecular flexibility index (Phi) is 5.56. The van der Waals surface area contributed by atoms with E-state index in [-0.39, 0.29) is 17.9 Å². The average Bonchev–Trinajstić information content (AvgIpc) is 2.76. The van der Waals surface area contributed by atoms with Crippen LogP contribution >= 0.6 is 0 Å². The van der Waals surface area contributed by atoms with Crippen molar-refractivity contribution < 1.29 is 9.90 Å². The molecule has 1 heterocycles. The Hall–Kier alpha value is -1.56. The first-order valence-corrected chi connectivity index (χ1v) is 7.16. The van der Waals surface area contributed by atoms with Crippen molar-refractivity contribution in [2.24, 2.45) is 5.41 Å². The molecule has 0 saturated carbocycles. The molecule has 0 atom stereocenters. The summed E-state index contributed by atoms with van der Waals surface area (Å²) in [4.78, 5) is 12.3. The first-order chi connectivity index (χ1) is 9.44. The fourth-order valence-corrected chi connectivity index (χ4v) is 2.19. The van der Waals surface area contributed by atoms with Gasteiger partial charge in [0.05, 0.1) is 18.0 Å². The fourth-order valence-electron chi connectivity index (χ4n) is 2.19. The molecule has 0 saturated heterocycles. The summed E-state index contributed by atoms with van der Waals surface area (Å²) in [5.41, 5.74) is 7.15. The van der Waals surface area contributed by atoms with Gasteiger partial charge in [-0.3, -0.25) is 9.48 Å². The Morgan fingerprint density at radius 2 is 2.00 bits per heavy atom. The van der Waals surface area contributed by atoms with Gasteiger partial charge in [0, 0.05) is 18.5 Å². The predicted octanol–water partition coefficient (Wildman–Crippen LogP) is 1.32. The van der Waals surface area contributed by atoms with Gasteiger partial charge in [0.1, 0.15) is 5.69 Å². The van der Waals surface area contributed by atoms with Crippen LogP contribution < -0.4 is 11.1 Å². The number of carbonyl (C=O) groups excluding carboxylic acids is 1. The van der Waals surface area contributed by atoms with E-state index >= 15 is 0 Å². The zero-order valence-electron chi connectivity index (χ0n) is 12.9. The molecular formula is C14H26N4O2. The van der Waals surface area contributed by atoms with Crippen LogP contribution in [0, 0.1) is 12.3 Å². The smallest absolute Gasteiger partial charge is 0.271 e. The van der Waals surface area contributed by atoms with Gasteiger partial charge in [-0.25, -0.2) is 0 Å². The third-order valence-corrected chi connectivity index (χ3v) is 4.15. The van der Waals surface area contributed by atoms with E-state index in [1.54, 1.807) is 11.6 Å². The van der Waals surface area contributed by atoms with E-state index in [4.69, 9.17) is 5.73 Å². The normalized spacial score (nSPS) is 11.7. The Labute approximate surface area is 120 Å². The molecular weight excluding hydrogens is 256 g/mol. The maximum atomic E-state index is 12.3. The van der Waals surface area contributed by atoms with E-state index in [0.717, 1.165) is 12.8 Å². The SMILES string of the molecule is CCn1nc(C)c(N)c1C(=O)NCC(CC)(CC)CO. The van der Waals surface area contributed by atoms with Crippen LogP contribution in [0.4, 0.5) is 5.69 Å². The minimum Gasteiger partial charge on any atom is -0.396 e. The number of hydrogen-bond acceptors (Lipinski definition) is 4. The van der Waals surface area contributed by atoms with Crippen molar-refractivity contribution >= 4 is 11.6 Å². The second-order valence-electron chi connectivity index (χ2n) is 5.21. The molecule has 0 fully saturated rings. The number of rotatable bonds is 7. The Balaban J connectivity index is 2.87. The number of aryl methyl sites for hydroxylation is 2. The van der Waals surface area contributed by atoms with Crippen molar-refractivity contribution in [2.75, 3.05) is 18.9 Å². The van der Waals surface area contributed by atoms with Crippen LogP contribution in [-0.2, 0) is 6.54 Å². The maximum absolute atomic E-state index is 12.3. The first-order valence-electron chi connectivity index (χ1n) is 7.16. The molecule has 1 aromatic rings. The number of aliphatic hydroxyl groups is 1. The summed E-state index contributed by atoms with van der Waals surface area (Å²) < 4.78 is 1.61. The minimum atomic E-state index is -0.267. The molecule has 0 radical (unpaired) electrons. The van der Waals surface area contributed by atoms with Crippen LogP contribution in [0.1, 0.15) is 49.8 Å². The van der Waals surface area contributed by atoms with Gasteiger partial charge >= 0.3 is 0 Å². The van der Waals surface area contributed by atoms with Gasteiger partial charge in [0.2, 0.25) is 0 Å². The van der Waals surface area contributed by atoms with Crippen LogP contribution in [0.5, 0.6) is 0 Å². The lowest BCUT2D eigenvalue weighted by atomic mass is 9.83. The molecule has 0 aliphatic rings. The number of anilines is 1. The van der Waals surface area contributed by atoms with Gasteiger partial charge in [0.25, 0.3) is 5.91 Å². The molecule has 6 nitrogen and oxygen atoms in total. The lowest BCUT2D eigenvalue weighted by Crippen LogP contribution is -2.40. The van der Waals surface area contributed by atoms with E-state index in [0.29, 0.717) is 30.2 Å². The molecule has 1 amide bonds. The Morgan fingerprint density at radius 3 is 2.45 bits per heavy atom. The molecule has 114 valence electrons. The summed E-state index contributed by atoms with van der Waals surface area (Å²) in [6.45, 7) is 8.81. The molecule has 0 aliphatic heterocycles. The van der Waals surface area contributed by atoms with Crippen molar-refractivity contribution in [3.63, 3.8) is 0 Å². The van der Waals surface area contributed by atoms with Crippen molar-refractivity contribution in [1.29, 1.82) is 0 Å². The number of hydrogen-bond donors (Lipinski definition) is 3. The lowest BCUT2D eigenvalue weighted by Gasteiger charge is -2.29. The van der Waals surface area contributed by atoms with Crippen molar-refractivity contribution in [3.8, 4) is 0 Å². The first kappa shape index (κ1) is 16.5. The number of carbonyl (C=O) groups is 1. The van der Waals surface area contributed by atoms with Crippen LogP contribution in [0.2, 0.25) is 0 Å². The van der Waals surface area contributed by atoms with Crippen LogP contribution in [0.25, 0.3) is 0 Å². The predicted molar refractivity (Wildman–Crippen MR) is 79.5 cm³/mol. The second-order valence-corrected chi connectivity index (χ2v) is 5.21. The highest BCUT2D eigenvalue weighted by Gasteiger charge is 2.27. The van der Waals surface area contributed by atoms with Gasteiger partial charge in [0.15, 0.2) is 0 Å². The van der Waals surface area contributed by atoms with Gasteiger partial charge in [-0.2, -0.15) is 5.10 Å². The van der Waals surface area contributed by atoms with Gasteiger partial charge in [-0.15, -0.1) is 0 Å². The molecule has 0 bridgehead atoms. The number of nitrogen functional groups attached to an aromatic ring is 1. The highest BCUT2D eigenvalue weighted by molar-refractivity contribution is 5.98. The maximum Gasteiger partial charge on any atom is 0.271 e. The standard InChI is InChI=1S/C14H26N4O2/c1-5-14(6-2,9-19)8-16-13(20)12-11(15)10(4)17-18(12)7-3/h19H,5-9,15H2,1-4H3,(H,16,20). The topological polar surface area (TPSA) is 93.2 Å². The molecule has 1 aromatic heterocycles. The van der Waals surface area contributed by atoms with Crippen LogP contribution in [0.3, 0.4) is 0 Å². The number of nitrogens with zero attached hydrogens (tertiary/aromatic N) is 2. The van der Waals surface area contributed by atoms with E-state index in [2.05, 4.69) is 10.4 Å². The number of aliphatic hydroxyl groups excluding tert-OH is 1. The molecule has 0 aromatic carbocycles. The second kappa shape index (κ2) is 6.74. The van der Waals surface area contributed by atoms with E-state index in [9.17, 15) is 9.90 Å². The number of nitrogens with two attached hydrogens (primary N) is 1. The highest BCUT2D eigenvalue weighted by Crippen LogP contribution is 2.25. The van der Waals surface area contributed by atoms with E-state index in [1.165, 1.54) is 0 Å². The third kappa shape index (κ3) is 3.12. The summed E-state index contributed by atoms with van der Waals surface area (Å²) >= 11 is 0. The highest BCUT2D eigenvalue weighted by atomic mass is 16.3. The summed E-state index contributed by atoms with van der Waals surface area (Å²) in [7, 11) is 0. The van der Waals surface area contributed by atoms with Gasteiger partial charge < -0.3 is 16.2 Å². The third-order valence-electron chi connectivity index (χ3n) is 4.15. The Morgan fingerprint density at radius 1 is 1.40 bits per heavy atom. The molecule has 0 aliphatic carbocycles. The molecule has 20 heavy (non-hydrogen) atoms. The number of amides is 1. The lowest BCUT2D eigenvalue weighted by molar-refractivity contribution is 0.0843. The number of nitrogens with one attached hydrogen (secondary N) is 1. The van der Waals surface area contributed by atoms with Crippen molar-refractivity contribution in [3.05, 3.63) is 11.4 Å². The van der Waals surface area contributed by atoms with Crippen LogP contribution in [0.15, 0.2) is 0 Å². The summed E-state index contributed by atoms with van der Waals surface area (Å²) in [6.07, 6.45) is 1.61. The zero-order valence-corrected chi connectivity index (χ0v) is 12.9.